The molecule has 0 bridgehead atoms. The summed E-state index contributed by atoms with van der Waals surface area (Å²) in [5.41, 5.74) is 2.25. The summed E-state index contributed by atoms with van der Waals surface area (Å²) in [7, 11) is 0. The zero-order chi connectivity index (χ0) is 22.7. The number of anilines is 1. The van der Waals surface area contributed by atoms with Crippen LogP contribution in [0.4, 0.5) is 10.3 Å². The van der Waals surface area contributed by atoms with Crippen LogP contribution in [0.3, 0.4) is 0 Å². The first-order valence-electron chi connectivity index (χ1n) is 10.6. The van der Waals surface area contributed by atoms with Gasteiger partial charge in [0.05, 0.1) is 12.2 Å². The van der Waals surface area contributed by atoms with Crippen LogP contribution in [0, 0.1) is 12.7 Å². The van der Waals surface area contributed by atoms with E-state index in [0.29, 0.717) is 23.2 Å². The predicted octanol–water partition coefficient (Wildman–Crippen LogP) is 4.05. The molecule has 2 heterocycles. The van der Waals surface area contributed by atoms with E-state index in [1.54, 1.807) is 43.3 Å². The van der Waals surface area contributed by atoms with Crippen LogP contribution in [0.15, 0.2) is 59.4 Å². The van der Waals surface area contributed by atoms with Gasteiger partial charge >= 0.3 is 0 Å². The Morgan fingerprint density at radius 2 is 1.81 bits per heavy atom. The molecule has 0 aliphatic carbocycles. The molecule has 0 aliphatic rings. The van der Waals surface area contributed by atoms with Crippen molar-refractivity contribution in [3.63, 3.8) is 0 Å². The minimum Gasteiger partial charge on any atom is -0.272 e. The van der Waals surface area contributed by atoms with E-state index >= 15 is 0 Å². The molecular formula is C24H24FN5O2. The van der Waals surface area contributed by atoms with Gasteiger partial charge in [0.25, 0.3) is 17.2 Å². The SMILES string of the molecule is CCCCc1c(C)nc2nc(N(Cc3ccc(F)cc3)C(=O)c3ccccc3)[nH]n2c1=O. The van der Waals surface area contributed by atoms with Gasteiger partial charge in [-0.05, 0) is 49.6 Å². The predicted molar refractivity (Wildman–Crippen MR) is 120 cm³/mol. The molecule has 32 heavy (non-hydrogen) atoms. The van der Waals surface area contributed by atoms with E-state index in [4.69, 9.17) is 0 Å². The van der Waals surface area contributed by atoms with Gasteiger partial charge in [0.1, 0.15) is 5.82 Å². The van der Waals surface area contributed by atoms with E-state index in [0.717, 1.165) is 18.4 Å². The Kier molecular flexibility index (Phi) is 6.11. The third kappa shape index (κ3) is 4.30. The molecule has 0 atom stereocenters. The first-order chi connectivity index (χ1) is 15.5. The summed E-state index contributed by atoms with van der Waals surface area (Å²) in [5, 5.41) is 2.95. The highest BCUT2D eigenvalue weighted by molar-refractivity contribution is 6.05. The Balaban J connectivity index is 1.79. The average Bonchev–Trinajstić information content (AvgIpc) is 3.22. The molecule has 0 saturated heterocycles. The van der Waals surface area contributed by atoms with Gasteiger partial charge in [-0.15, -0.1) is 0 Å². The topological polar surface area (TPSA) is 83.4 Å². The number of amides is 1. The molecule has 1 N–H and O–H groups in total. The lowest BCUT2D eigenvalue weighted by Gasteiger charge is -2.20. The fraction of sp³-hybridized carbons (Fsp3) is 0.250. The van der Waals surface area contributed by atoms with Gasteiger partial charge in [0, 0.05) is 11.1 Å². The van der Waals surface area contributed by atoms with Gasteiger partial charge in [-0.3, -0.25) is 19.6 Å². The molecule has 1 amide bonds. The Morgan fingerprint density at radius 1 is 1.09 bits per heavy atom. The molecule has 0 saturated carbocycles. The first kappa shape index (κ1) is 21.4. The number of benzene rings is 2. The minimum atomic E-state index is -0.357. The van der Waals surface area contributed by atoms with Gasteiger partial charge in [0.15, 0.2) is 0 Å². The zero-order valence-electron chi connectivity index (χ0n) is 18.0. The van der Waals surface area contributed by atoms with Crippen molar-refractivity contribution < 1.29 is 9.18 Å². The largest absolute Gasteiger partial charge is 0.277 e. The van der Waals surface area contributed by atoms with Crippen molar-refractivity contribution in [3.05, 3.63) is 93.2 Å². The lowest BCUT2D eigenvalue weighted by Crippen LogP contribution is -2.31. The second kappa shape index (κ2) is 9.13. The van der Waals surface area contributed by atoms with Crippen molar-refractivity contribution in [1.82, 2.24) is 19.6 Å². The van der Waals surface area contributed by atoms with Crippen LogP contribution in [0.1, 0.15) is 46.9 Å². The van der Waals surface area contributed by atoms with Crippen molar-refractivity contribution in [2.24, 2.45) is 0 Å². The van der Waals surface area contributed by atoms with E-state index in [1.807, 2.05) is 6.07 Å². The highest BCUT2D eigenvalue weighted by Gasteiger charge is 2.23. The molecule has 4 aromatic rings. The van der Waals surface area contributed by atoms with E-state index in [9.17, 15) is 14.0 Å². The number of hydrogen-bond donors (Lipinski definition) is 1. The van der Waals surface area contributed by atoms with Crippen molar-refractivity contribution in [2.45, 2.75) is 39.7 Å². The Morgan fingerprint density at radius 3 is 2.50 bits per heavy atom. The van der Waals surface area contributed by atoms with Crippen LogP contribution in [-0.4, -0.2) is 25.5 Å². The van der Waals surface area contributed by atoms with Crippen molar-refractivity contribution in [2.75, 3.05) is 4.90 Å². The Hall–Kier alpha value is -3.81. The van der Waals surface area contributed by atoms with E-state index in [1.165, 1.54) is 21.5 Å². The number of carbonyl (C=O) groups is 1. The van der Waals surface area contributed by atoms with Crippen LogP contribution in [0.25, 0.3) is 5.78 Å². The van der Waals surface area contributed by atoms with Crippen LogP contribution >= 0.6 is 0 Å². The van der Waals surface area contributed by atoms with Gasteiger partial charge < -0.3 is 0 Å². The summed E-state index contributed by atoms with van der Waals surface area (Å²) >= 11 is 0. The Bertz CT molecular complexity index is 1300. The number of unbranched alkanes of at least 4 members (excludes halogenated alkanes) is 1. The fourth-order valence-corrected chi connectivity index (χ4v) is 3.56. The highest BCUT2D eigenvalue weighted by atomic mass is 19.1. The number of halogens is 1. The standard InChI is InChI=1S/C24H24FN5O2/c1-3-4-10-20-16(2)26-23-27-24(28-30(23)22(20)32)29(15-17-11-13-19(25)14-12-17)21(31)18-8-6-5-7-9-18/h5-9,11-14H,3-4,10,15H2,1-2H3,(H,26,27,28). The molecule has 0 fully saturated rings. The number of fused-ring (bicyclic) bond motifs is 1. The van der Waals surface area contributed by atoms with Gasteiger partial charge in [-0.2, -0.15) is 9.50 Å². The molecule has 8 heteroatoms. The molecule has 4 rings (SSSR count). The summed E-state index contributed by atoms with van der Waals surface area (Å²) in [6.07, 6.45) is 2.48. The number of H-pyrrole nitrogens is 1. The second-order valence-corrected chi connectivity index (χ2v) is 7.65. The maximum atomic E-state index is 13.4. The van der Waals surface area contributed by atoms with Crippen molar-refractivity contribution in [1.29, 1.82) is 0 Å². The summed E-state index contributed by atoms with van der Waals surface area (Å²) in [5.74, 6) is -0.262. The maximum Gasteiger partial charge on any atom is 0.277 e. The number of aromatic amines is 1. The number of aromatic nitrogens is 4. The molecule has 0 unspecified atom stereocenters. The molecule has 7 nitrogen and oxygen atoms in total. The normalized spacial score (nSPS) is 11.1. The molecule has 0 radical (unpaired) electrons. The molecule has 2 aromatic carbocycles. The van der Waals surface area contributed by atoms with E-state index in [-0.39, 0.29) is 35.6 Å². The van der Waals surface area contributed by atoms with Gasteiger partial charge in [-0.1, -0.05) is 43.7 Å². The molecule has 2 aromatic heterocycles. The van der Waals surface area contributed by atoms with Crippen LogP contribution in [0.2, 0.25) is 0 Å². The van der Waals surface area contributed by atoms with Crippen LogP contribution in [0.5, 0.6) is 0 Å². The first-order valence-corrected chi connectivity index (χ1v) is 10.6. The number of rotatable bonds is 7. The number of aryl methyl sites for hydroxylation is 1. The smallest absolute Gasteiger partial charge is 0.272 e. The number of carbonyl (C=O) groups excluding carboxylic acids is 1. The molecule has 164 valence electrons. The quantitative estimate of drug-likeness (QED) is 0.477. The fourth-order valence-electron chi connectivity index (χ4n) is 3.56. The van der Waals surface area contributed by atoms with Crippen molar-refractivity contribution >= 4 is 17.6 Å². The number of nitrogens with one attached hydrogen (secondary N) is 1. The third-order valence-corrected chi connectivity index (χ3v) is 5.34. The molecule has 0 spiro atoms. The number of hydrogen-bond acceptors (Lipinski definition) is 4. The summed E-state index contributed by atoms with van der Waals surface area (Å²) < 4.78 is 14.7. The van der Waals surface area contributed by atoms with Crippen LogP contribution in [-0.2, 0) is 13.0 Å². The van der Waals surface area contributed by atoms with E-state index < -0.39 is 0 Å². The number of nitrogens with zero attached hydrogens (tertiary/aromatic N) is 4. The minimum absolute atomic E-state index is 0.143. The Labute approximate surface area is 184 Å². The average molecular weight is 433 g/mol. The molecule has 0 aliphatic heterocycles. The summed E-state index contributed by atoms with van der Waals surface area (Å²) in [6.45, 7) is 4.01. The zero-order valence-corrected chi connectivity index (χ0v) is 18.0. The van der Waals surface area contributed by atoms with E-state index in [2.05, 4.69) is 22.0 Å². The monoisotopic (exact) mass is 433 g/mol. The van der Waals surface area contributed by atoms with Crippen LogP contribution < -0.4 is 10.5 Å². The van der Waals surface area contributed by atoms with Gasteiger partial charge in [0.2, 0.25) is 5.95 Å². The van der Waals surface area contributed by atoms with Gasteiger partial charge in [-0.25, -0.2) is 9.37 Å². The lowest BCUT2D eigenvalue weighted by atomic mass is 10.1. The van der Waals surface area contributed by atoms with Crippen molar-refractivity contribution in [3.8, 4) is 0 Å². The maximum absolute atomic E-state index is 13.4. The highest BCUT2D eigenvalue weighted by Crippen LogP contribution is 2.18. The summed E-state index contributed by atoms with van der Waals surface area (Å²) in [4.78, 5) is 36.7. The second-order valence-electron chi connectivity index (χ2n) is 7.65. The lowest BCUT2D eigenvalue weighted by molar-refractivity contribution is 0.0983. The molecular weight excluding hydrogens is 409 g/mol. The summed E-state index contributed by atoms with van der Waals surface area (Å²) in [6, 6.07) is 14.7. The third-order valence-electron chi connectivity index (χ3n) is 5.34.